The van der Waals surface area contributed by atoms with E-state index in [-0.39, 0.29) is 0 Å². The number of rotatable bonds is 4. The van der Waals surface area contributed by atoms with Gasteiger partial charge in [0.15, 0.2) is 0 Å². The SMILES string of the molecule is CCc1nnc(N2CCN(C3CCNC3)CC2)nc1CC. The summed E-state index contributed by atoms with van der Waals surface area (Å²) in [5, 5.41) is 12.2. The standard InChI is InChI=1S/C15H26N6/c1-3-13-14(4-2)18-19-15(17-13)21-9-7-20(8-10-21)12-5-6-16-11-12/h12,16H,3-11H2,1-2H3. The third-order valence-electron chi connectivity index (χ3n) is 4.65. The van der Waals surface area contributed by atoms with E-state index in [1.807, 2.05) is 0 Å². The predicted octanol–water partition coefficient (Wildman–Crippen LogP) is 0.480. The first-order valence-electron chi connectivity index (χ1n) is 8.24. The van der Waals surface area contributed by atoms with E-state index in [1.165, 1.54) is 6.42 Å². The second-order valence-corrected chi connectivity index (χ2v) is 5.88. The average molecular weight is 290 g/mol. The summed E-state index contributed by atoms with van der Waals surface area (Å²) in [6.45, 7) is 10.8. The number of hydrogen-bond donors (Lipinski definition) is 1. The third-order valence-corrected chi connectivity index (χ3v) is 4.65. The van der Waals surface area contributed by atoms with Gasteiger partial charge in [0.1, 0.15) is 0 Å². The number of aryl methyl sites for hydroxylation is 2. The third kappa shape index (κ3) is 3.16. The highest BCUT2D eigenvalue weighted by Gasteiger charge is 2.27. The molecule has 6 nitrogen and oxygen atoms in total. The summed E-state index contributed by atoms with van der Waals surface area (Å²) < 4.78 is 0. The average Bonchev–Trinajstić information content (AvgIpc) is 3.09. The Bertz CT molecular complexity index is 463. The van der Waals surface area contributed by atoms with E-state index in [2.05, 4.69) is 39.2 Å². The highest BCUT2D eigenvalue weighted by Crippen LogP contribution is 2.16. The van der Waals surface area contributed by atoms with Gasteiger partial charge in [-0.3, -0.25) is 4.90 Å². The molecule has 6 heteroatoms. The lowest BCUT2D eigenvalue weighted by molar-refractivity contribution is 0.195. The van der Waals surface area contributed by atoms with Crippen molar-refractivity contribution in [3.63, 3.8) is 0 Å². The second-order valence-electron chi connectivity index (χ2n) is 5.88. The second kappa shape index (κ2) is 6.66. The molecule has 0 aliphatic carbocycles. The normalized spacial score (nSPS) is 23.7. The Morgan fingerprint density at radius 3 is 2.43 bits per heavy atom. The number of nitrogens with zero attached hydrogens (tertiary/aromatic N) is 5. The monoisotopic (exact) mass is 290 g/mol. The van der Waals surface area contributed by atoms with Gasteiger partial charge in [-0.05, 0) is 25.8 Å². The molecule has 0 saturated carbocycles. The molecule has 116 valence electrons. The number of nitrogens with one attached hydrogen (secondary N) is 1. The minimum absolute atomic E-state index is 0.722. The number of anilines is 1. The van der Waals surface area contributed by atoms with Gasteiger partial charge in [-0.1, -0.05) is 13.8 Å². The fourth-order valence-electron chi connectivity index (χ4n) is 3.30. The Hall–Kier alpha value is -1.27. The first-order valence-corrected chi connectivity index (χ1v) is 8.24. The van der Waals surface area contributed by atoms with Gasteiger partial charge in [-0.2, -0.15) is 5.10 Å². The van der Waals surface area contributed by atoms with E-state index in [9.17, 15) is 0 Å². The molecule has 3 rings (SSSR count). The Morgan fingerprint density at radius 1 is 1.05 bits per heavy atom. The maximum Gasteiger partial charge on any atom is 0.245 e. The van der Waals surface area contributed by atoms with Crippen molar-refractivity contribution in [2.24, 2.45) is 0 Å². The van der Waals surface area contributed by atoms with E-state index in [4.69, 9.17) is 4.98 Å². The molecule has 2 fully saturated rings. The quantitative estimate of drug-likeness (QED) is 0.870. The molecule has 2 aliphatic rings. The zero-order valence-electron chi connectivity index (χ0n) is 13.2. The van der Waals surface area contributed by atoms with Gasteiger partial charge >= 0.3 is 0 Å². The fourth-order valence-corrected chi connectivity index (χ4v) is 3.30. The maximum atomic E-state index is 4.73. The number of piperazine rings is 1. The van der Waals surface area contributed by atoms with E-state index in [1.54, 1.807) is 0 Å². The Kier molecular flexibility index (Phi) is 4.65. The van der Waals surface area contributed by atoms with Gasteiger partial charge in [0.2, 0.25) is 5.95 Å². The van der Waals surface area contributed by atoms with Crippen LogP contribution in [0.2, 0.25) is 0 Å². The molecule has 21 heavy (non-hydrogen) atoms. The van der Waals surface area contributed by atoms with Crippen LogP contribution in [0.15, 0.2) is 0 Å². The Morgan fingerprint density at radius 2 is 1.81 bits per heavy atom. The molecule has 1 aromatic heterocycles. The molecule has 2 aliphatic heterocycles. The number of aromatic nitrogens is 3. The molecule has 1 aromatic rings. The van der Waals surface area contributed by atoms with Gasteiger partial charge in [0.05, 0.1) is 11.4 Å². The van der Waals surface area contributed by atoms with E-state index in [0.29, 0.717) is 0 Å². The first kappa shape index (κ1) is 14.7. The molecular formula is C15H26N6. The van der Waals surface area contributed by atoms with E-state index >= 15 is 0 Å². The summed E-state index contributed by atoms with van der Waals surface area (Å²) >= 11 is 0. The molecule has 3 heterocycles. The lowest BCUT2D eigenvalue weighted by atomic mass is 10.2. The molecule has 0 amide bonds. The molecule has 1 unspecified atom stereocenters. The van der Waals surface area contributed by atoms with E-state index in [0.717, 1.165) is 75.5 Å². The van der Waals surface area contributed by atoms with Crippen LogP contribution in [0.4, 0.5) is 5.95 Å². The highest BCUT2D eigenvalue weighted by molar-refractivity contribution is 5.31. The largest absolute Gasteiger partial charge is 0.337 e. The maximum absolute atomic E-state index is 4.73. The van der Waals surface area contributed by atoms with Crippen molar-refractivity contribution in [3.8, 4) is 0 Å². The number of hydrogen-bond acceptors (Lipinski definition) is 6. The van der Waals surface area contributed by atoms with Gasteiger partial charge in [-0.15, -0.1) is 5.10 Å². The molecule has 0 radical (unpaired) electrons. The van der Waals surface area contributed by atoms with Gasteiger partial charge in [-0.25, -0.2) is 4.98 Å². The molecule has 0 aromatic carbocycles. The van der Waals surface area contributed by atoms with Crippen LogP contribution in [0.3, 0.4) is 0 Å². The van der Waals surface area contributed by atoms with Crippen LogP contribution in [-0.4, -0.2) is 65.4 Å². The molecule has 2 saturated heterocycles. The fraction of sp³-hybridized carbons (Fsp3) is 0.800. The molecular weight excluding hydrogens is 264 g/mol. The summed E-state index contributed by atoms with van der Waals surface area (Å²) in [5.41, 5.74) is 2.14. The van der Waals surface area contributed by atoms with Crippen molar-refractivity contribution in [1.29, 1.82) is 0 Å². The zero-order chi connectivity index (χ0) is 14.7. The summed E-state index contributed by atoms with van der Waals surface area (Å²) in [5.74, 6) is 0.813. The van der Waals surface area contributed by atoms with Crippen LogP contribution in [0.5, 0.6) is 0 Å². The lowest BCUT2D eigenvalue weighted by Crippen LogP contribution is -2.51. The summed E-state index contributed by atoms with van der Waals surface area (Å²) in [4.78, 5) is 9.61. The van der Waals surface area contributed by atoms with Gasteiger partial charge in [0, 0.05) is 38.8 Å². The van der Waals surface area contributed by atoms with Crippen LogP contribution in [0.25, 0.3) is 0 Å². The van der Waals surface area contributed by atoms with Crippen LogP contribution in [0.1, 0.15) is 31.7 Å². The zero-order valence-corrected chi connectivity index (χ0v) is 13.2. The summed E-state index contributed by atoms with van der Waals surface area (Å²) in [7, 11) is 0. The summed E-state index contributed by atoms with van der Waals surface area (Å²) in [6.07, 6.45) is 3.12. The van der Waals surface area contributed by atoms with Crippen molar-refractivity contribution in [3.05, 3.63) is 11.4 Å². The molecule has 0 bridgehead atoms. The molecule has 1 N–H and O–H groups in total. The van der Waals surface area contributed by atoms with Crippen LogP contribution in [-0.2, 0) is 12.8 Å². The molecule has 1 atom stereocenters. The lowest BCUT2D eigenvalue weighted by Gasteiger charge is -2.37. The van der Waals surface area contributed by atoms with Gasteiger partial charge < -0.3 is 10.2 Å². The van der Waals surface area contributed by atoms with Gasteiger partial charge in [0.25, 0.3) is 0 Å². The van der Waals surface area contributed by atoms with Crippen molar-refractivity contribution in [2.75, 3.05) is 44.2 Å². The Labute approximate surface area is 126 Å². The van der Waals surface area contributed by atoms with Crippen LogP contribution in [0, 0.1) is 0 Å². The van der Waals surface area contributed by atoms with Crippen molar-refractivity contribution in [1.82, 2.24) is 25.4 Å². The summed E-state index contributed by atoms with van der Waals surface area (Å²) in [6, 6.07) is 0.722. The van der Waals surface area contributed by atoms with Crippen molar-refractivity contribution < 1.29 is 0 Å². The topological polar surface area (TPSA) is 57.2 Å². The van der Waals surface area contributed by atoms with Crippen molar-refractivity contribution >= 4 is 5.95 Å². The van der Waals surface area contributed by atoms with Crippen LogP contribution < -0.4 is 10.2 Å². The first-order chi connectivity index (χ1) is 10.3. The predicted molar refractivity (Wildman–Crippen MR) is 83.6 cm³/mol. The Balaban J connectivity index is 1.63. The minimum atomic E-state index is 0.722. The highest BCUT2D eigenvalue weighted by atomic mass is 15.4. The molecule has 0 spiro atoms. The van der Waals surface area contributed by atoms with Crippen molar-refractivity contribution in [2.45, 2.75) is 39.2 Å². The smallest absolute Gasteiger partial charge is 0.245 e. The minimum Gasteiger partial charge on any atom is -0.337 e. The van der Waals surface area contributed by atoms with Crippen LogP contribution >= 0.6 is 0 Å². The van der Waals surface area contributed by atoms with E-state index < -0.39 is 0 Å².